The molecule has 1 N–H and O–H groups in total. The van der Waals surface area contributed by atoms with Crippen LogP contribution in [0.1, 0.15) is 50.3 Å². The van der Waals surface area contributed by atoms with E-state index in [4.69, 9.17) is 4.74 Å². The first-order valence-corrected chi connectivity index (χ1v) is 7.28. The summed E-state index contributed by atoms with van der Waals surface area (Å²) in [4.78, 5) is 0. The van der Waals surface area contributed by atoms with Crippen LogP contribution >= 0.6 is 0 Å². The molecule has 0 bridgehead atoms. The molecule has 2 atom stereocenters. The molecule has 0 aliphatic carbocycles. The lowest BCUT2D eigenvalue weighted by Crippen LogP contribution is -2.40. The molecule has 0 radical (unpaired) electrons. The minimum atomic E-state index is 0.228. The molecule has 1 heterocycles. The summed E-state index contributed by atoms with van der Waals surface area (Å²) in [5, 5.41) is 3.48. The zero-order valence-electron chi connectivity index (χ0n) is 11.6. The van der Waals surface area contributed by atoms with Gasteiger partial charge in [0.2, 0.25) is 0 Å². The first kappa shape index (κ1) is 13.6. The van der Waals surface area contributed by atoms with Gasteiger partial charge in [0.15, 0.2) is 0 Å². The van der Waals surface area contributed by atoms with Gasteiger partial charge in [0.25, 0.3) is 0 Å². The van der Waals surface area contributed by atoms with Crippen molar-refractivity contribution in [1.82, 2.24) is 5.32 Å². The third kappa shape index (κ3) is 3.56. The molecule has 2 nitrogen and oxygen atoms in total. The van der Waals surface area contributed by atoms with Gasteiger partial charge in [-0.2, -0.15) is 0 Å². The van der Waals surface area contributed by atoms with Crippen molar-refractivity contribution in [1.29, 1.82) is 0 Å². The Hall–Kier alpha value is -0.860. The van der Waals surface area contributed by atoms with Crippen LogP contribution in [0.25, 0.3) is 0 Å². The average molecular weight is 247 g/mol. The lowest BCUT2D eigenvalue weighted by molar-refractivity contribution is -0.0425. The second kappa shape index (κ2) is 6.91. The fraction of sp³-hybridized carbons (Fsp3) is 0.625. The lowest BCUT2D eigenvalue weighted by atomic mass is 10.0. The SMILES string of the molecule is CCCc1ccc(C2CNCC(CCC)O2)cc1. The maximum absolute atomic E-state index is 6.15. The zero-order chi connectivity index (χ0) is 12.8. The molecule has 0 spiro atoms. The molecule has 1 aliphatic rings. The van der Waals surface area contributed by atoms with Crippen molar-refractivity contribution >= 4 is 0 Å². The van der Waals surface area contributed by atoms with Gasteiger partial charge >= 0.3 is 0 Å². The summed E-state index contributed by atoms with van der Waals surface area (Å²) < 4.78 is 6.15. The van der Waals surface area contributed by atoms with E-state index >= 15 is 0 Å². The van der Waals surface area contributed by atoms with Crippen molar-refractivity contribution in [2.45, 2.75) is 51.7 Å². The molecule has 1 aromatic rings. The Bertz CT molecular complexity index is 345. The third-order valence-electron chi connectivity index (χ3n) is 3.56. The second-order valence-electron chi connectivity index (χ2n) is 5.19. The fourth-order valence-corrected chi connectivity index (χ4v) is 2.58. The van der Waals surface area contributed by atoms with Crippen LogP contribution in [-0.2, 0) is 11.2 Å². The van der Waals surface area contributed by atoms with Crippen molar-refractivity contribution < 1.29 is 4.74 Å². The molecule has 2 rings (SSSR count). The number of nitrogens with one attached hydrogen (secondary N) is 1. The predicted octanol–water partition coefficient (Wildman–Crippen LogP) is 3.47. The largest absolute Gasteiger partial charge is 0.368 e. The van der Waals surface area contributed by atoms with E-state index in [1.54, 1.807) is 0 Å². The zero-order valence-corrected chi connectivity index (χ0v) is 11.6. The van der Waals surface area contributed by atoms with Gasteiger partial charge in [-0.1, -0.05) is 51.0 Å². The number of rotatable bonds is 5. The molecule has 1 saturated heterocycles. The van der Waals surface area contributed by atoms with Gasteiger partial charge in [-0.3, -0.25) is 0 Å². The van der Waals surface area contributed by atoms with Crippen molar-refractivity contribution in [2.24, 2.45) is 0 Å². The van der Waals surface area contributed by atoms with Gasteiger partial charge in [0, 0.05) is 13.1 Å². The van der Waals surface area contributed by atoms with Crippen LogP contribution in [0.4, 0.5) is 0 Å². The van der Waals surface area contributed by atoms with Crippen LogP contribution < -0.4 is 5.32 Å². The van der Waals surface area contributed by atoms with E-state index in [0.717, 1.165) is 19.5 Å². The van der Waals surface area contributed by atoms with Crippen LogP contribution in [0.2, 0.25) is 0 Å². The van der Waals surface area contributed by atoms with Gasteiger partial charge in [-0.15, -0.1) is 0 Å². The molecule has 18 heavy (non-hydrogen) atoms. The van der Waals surface area contributed by atoms with E-state index in [1.807, 2.05) is 0 Å². The van der Waals surface area contributed by atoms with Gasteiger partial charge in [-0.05, 0) is 24.0 Å². The summed E-state index contributed by atoms with van der Waals surface area (Å²) in [6.07, 6.45) is 5.32. The van der Waals surface area contributed by atoms with Gasteiger partial charge in [0.05, 0.1) is 12.2 Å². The number of ether oxygens (including phenoxy) is 1. The summed E-state index contributed by atoms with van der Waals surface area (Å²) in [5.41, 5.74) is 2.73. The van der Waals surface area contributed by atoms with Crippen molar-refractivity contribution in [3.05, 3.63) is 35.4 Å². The van der Waals surface area contributed by atoms with Crippen molar-refractivity contribution in [3.63, 3.8) is 0 Å². The first-order chi connectivity index (χ1) is 8.83. The topological polar surface area (TPSA) is 21.3 Å². The molecule has 0 saturated carbocycles. The highest BCUT2D eigenvalue weighted by Crippen LogP contribution is 2.23. The Morgan fingerprint density at radius 1 is 1.11 bits per heavy atom. The Kier molecular flexibility index (Phi) is 5.21. The molecule has 2 unspecified atom stereocenters. The predicted molar refractivity (Wildman–Crippen MR) is 75.8 cm³/mol. The lowest BCUT2D eigenvalue weighted by Gasteiger charge is -2.31. The third-order valence-corrected chi connectivity index (χ3v) is 3.56. The maximum Gasteiger partial charge on any atom is 0.0953 e. The van der Waals surface area contributed by atoms with E-state index in [2.05, 4.69) is 43.4 Å². The Morgan fingerprint density at radius 3 is 2.56 bits per heavy atom. The standard InChI is InChI=1S/C16H25NO/c1-3-5-13-7-9-14(10-8-13)16-12-17-11-15(18-16)6-4-2/h7-10,15-17H,3-6,11-12H2,1-2H3. The van der Waals surface area contributed by atoms with E-state index in [1.165, 1.54) is 30.4 Å². The maximum atomic E-state index is 6.15. The molecule has 1 aliphatic heterocycles. The van der Waals surface area contributed by atoms with E-state index in [-0.39, 0.29) is 6.10 Å². The number of hydrogen-bond acceptors (Lipinski definition) is 2. The van der Waals surface area contributed by atoms with E-state index in [0.29, 0.717) is 6.10 Å². The fourth-order valence-electron chi connectivity index (χ4n) is 2.58. The molecular weight excluding hydrogens is 222 g/mol. The van der Waals surface area contributed by atoms with Crippen molar-refractivity contribution in [2.75, 3.05) is 13.1 Å². The minimum Gasteiger partial charge on any atom is -0.368 e. The number of aryl methyl sites for hydroxylation is 1. The van der Waals surface area contributed by atoms with Crippen LogP contribution in [0.3, 0.4) is 0 Å². The summed E-state index contributed by atoms with van der Waals surface area (Å²) in [6, 6.07) is 8.94. The van der Waals surface area contributed by atoms with Crippen LogP contribution in [0, 0.1) is 0 Å². The normalized spacial score (nSPS) is 24.1. The monoisotopic (exact) mass is 247 g/mol. The molecule has 0 aromatic heterocycles. The average Bonchev–Trinajstić information content (AvgIpc) is 2.41. The van der Waals surface area contributed by atoms with Crippen LogP contribution in [0.15, 0.2) is 24.3 Å². The molecule has 2 heteroatoms. The molecule has 0 amide bonds. The summed E-state index contributed by atoms with van der Waals surface area (Å²) in [6.45, 7) is 6.37. The Labute approximate surface area is 111 Å². The molecular formula is C16H25NO. The highest BCUT2D eigenvalue weighted by atomic mass is 16.5. The van der Waals surface area contributed by atoms with Gasteiger partial charge < -0.3 is 10.1 Å². The van der Waals surface area contributed by atoms with Crippen molar-refractivity contribution in [3.8, 4) is 0 Å². The Morgan fingerprint density at radius 2 is 1.89 bits per heavy atom. The Balaban J connectivity index is 1.97. The smallest absolute Gasteiger partial charge is 0.0953 e. The minimum absolute atomic E-state index is 0.228. The van der Waals surface area contributed by atoms with E-state index in [9.17, 15) is 0 Å². The summed E-state index contributed by atoms with van der Waals surface area (Å²) in [7, 11) is 0. The van der Waals surface area contributed by atoms with Gasteiger partial charge in [0.1, 0.15) is 0 Å². The van der Waals surface area contributed by atoms with Gasteiger partial charge in [-0.25, -0.2) is 0 Å². The molecule has 100 valence electrons. The summed E-state index contributed by atoms with van der Waals surface area (Å²) >= 11 is 0. The number of hydrogen-bond donors (Lipinski definition) is 1. The molecule has 1 aromatic carbocycles. The highest BCUT2D eigenvalue weighted by molar-refractivity contribution is 5.25. The second-order valence-corrected chi connectivity index (χ2v) is 5.19. The van der Waals surface area contributed by atoms with E-state index < -0.39 is 0 Å². The van der Waals surface area contributed by atoms with Crippen LogP contribution in [0.5, 0.6) is 0 Å². The van der Waals surface area contributed by atoms with Crippen LogP contribution in [-0.4, -0.2) is 19.2 Å². The summed E-state index contributed by atoms with van der Waals surface area (Å²) in [5.74, 6) is 0. The quantitative estimate of drug-likeness (QED) is 0.860. The first-order valence-electron chi connectivity index (χ1n) is 7.28. The molecule has 1 fully saturated rings. The number of benzene rings is 1. The highest BCUT2D eigenvalue weighted by Gasteiger charge is 2.22. The number of morpholine rings is 1.